The number of nitriles is 2. The van der Waals surface area contributed by atoms with Gasteiger partial charge in [0.1, 0.15) is 11.2 Å². The molecule has 1 fully saturated rings. The molecule has 6 heteroatoms. The molecule has 0 radical (unpaired) electrons. The first-order valence-electron chi connectivity index (χ1n) is 5.04. The lowest BCUT2D eigenvalue weighted by Gasteiger charge is -2.45. The smallest absolute Gasteiger partial charge is 0.210 e. The van der Waals surface area contributed by atoms with E-state index in [2.05, 4.69) is 11.4 Å². The predicted octanol–water partition coefficient (Wildman–Crippen LogP) is 1.82. The lowest BCUT2D eigenvalue weighted by atomic mass is 9.58. The number of fused-ring (bicyclic) bond motifs is 2. The van der Waals surface area contributed by atoms with E-state index < -0.39 is 16.6 Å². The number of ether oxygens (including phenoxy) is 1. The monoisotopic (exact) mass is 250 g/mol. The SMILES string of the molecule is CC1(C)[C@]2(C#N)C(=N)O[C@@]1(C)NC(Cl)=C2C#N. The van der Waals surface area contributed by atoms with Crippen LogP contribution in [-0.4, -0.2) is 11.6 Å². The van der Waals surface area contributed by atoms with E-state index in [9.17, 15) is 10.5 Å². The zero-order valence-corrected chi connectivity index (χ0v) is 10.4. The summed E-state index contributed by atoms with van der Waals surface area (Å²) in [7, 11) is 0. The number of rotatable bonds is 0. The molecule has 88 valence electrons. The first kappa shape index (κ1) is 11.8. The van der Waals surface area contributed by atoms with Gasteiger partial charge in [0, 0.05) is 0 Å². The van der Waals surface area contributed by atoms with Crippen molar-refractivity contribution in [1.29, 1.82) is 15.9 Å². The molecule has 2 atom stereocenters. The third-order valence-corrected chi connectivity index (χ3v) is 4.28. The lowest BCUT2D eigenvalue weighted by molar-refractivity contribution is -0.0350. The molecule has 2 aliphatic rings. The summed E-state index contributed by atoms with van der Waals surface area (Å²) < 4.78 is 5.46. The van der Waals surface area contributed by atoms with E-state index in [4.69, 9.17) is 21.7 Å². The molecular weight excluding hydrogens is 240 g/mol. The van der Waals surface area contributed by atoms with Gasteiger partial charge in [-0.3, -0.25) is 5.41 Å². The van der Waals surface area contributed by atoms with E-state index >= 15 is 0 Å². The van der Waals surface area contributed by atoms with Crippen LogP contribution < -0.4 is 5.32 Å². The highest BCUT2D eigenvalue weighted by molar-refractivity contribution is 6.30. The highest BCUT2D eigenvalue weighted by Gasteiger charge is 2.72. The fraction of sp³-hybridized carbons (Fsp3) is 0.545. The Morgan fingerprint density at radius 2 is 1.94 bits per heavy atom. The minimum atomic E-state index is -1.42. The Bertz CT molecular complexity index is 539. The van der Waals surface area contributed by atoms with Gasteiger partial charge in [-0.05, 0) is 6.92 Å². The molecule has 0 saturated carbocycles. The van der Waals surface area contributed by atoms with E-state index in [-0.39, 0.29) is 16.6 Å². The Morgan fingerprint density at radius 3 is 2.41 bits per heavy atom. The van der Waals surface area contributed by atoms with Crippen LogP contribution in [0.15, 0.2) is 10.7 Å². The highest BCUT2D eigenvalue weighted by Crippen LogP contribution is 2.61. The average molecular weight is 251 g/mol. The Balaban J connectivity index is 2.87. The topological polar surface area (TPSA) is 92.7 Å². The third kappa shape index (κ3) is 0.963. The van der Waals surface area contributed by atoms with Crippen LogP contribution in [0.5, 0.6) is 0 Å². The standard InChI is InChI=1S/C11H11ClN4O/c1-9(2)10(3)16-7(12)6(4-13)11(9,5-14)8(15)17-10/h15-16H,1-3H3/t10-,11+/m1/s1. The normalized spacial score (nSPS) is 37.9. The van der Waals surface area contributed by atoms with Crippen LogP contribution in [-0.2, 0) is 4.74 Å². The Labute approximate surface area is 104 Å². The summed E-state index contributed by atoms with van der Waals surface area (Å²) in [5.74, 6) is -0.229. The summed E-state index contributed by atoms with van der Waals surface area (Å²) in [6, 6.07) is 3.97. The zero-order valence-electron chi connectivity index (χ0n) is 9.68. The van der Waals surface area contributed by atoms with Crippen molar-refractivity contribution in [2.24, 2.45) is 10.8 Å². The van der Waals surface area contributed by atoms with Crippen molar-refractivity contribution in [3.05, 3.63) is 10.7 Å². The van der Waals surface area contributed by atoms with Gasteiger partial charge in [0.05, 0.1) is 17.1 Å². The maximum Gasteiger partial charge on any atom is 0.210 e. The van der Waals surface area contributed by atoms with Crippen molar-refractivity contribution < 1.29 is 4.74 Å². The molecule has 0 aromatic heterocycles. The van der Waals surface area contributed by atoms with Gasteiger partial charge in [0.2, 0.25) is 5.90 Å². The van der Waals surface area contributed by atoms with Crippen LogP contribution in [0.3, 0.4) is 0 Å². The summed E-state index contributed by atoms with van der Waals surface area (Å²) in [5.41, 5.74) is -3.10. The second kappa shape index (κ2) is 2.94. The second-order valence-electron chi connectivity index (χ2n) is 4.88. The number of hydrogen-bond donors (Lipinski definition) is 2. The van der Waals surface area contributed by atoms with Crippen LogP contribution in [0.25, 0.3) is 0 Å². The molecule has 0 aromatic carbocycles. The van der Waals surface area contributed by atoms with Crippen molar-refractivity contribution in [3.8, 4) is 12.1 Å². The molecule has 0 aliphatic carbocycles. The van der Waals surface area contributed by atoms with E-state index in [0.29, 0.717) is 0 Å². The Kier molecular flexibility index (Phi) is 2.03. The molecule has 0 amide bonds. The molecule has 2 aliphatic heterocycles. The van der Waals surface area contributed by atoms with Crippen molar-refractivity contribution in [3.63, 3.8) is 0 Å². The van der Waals surface area contributed by atoms with E-state index in [1.807, 2.05) is 6.07 Å². The minimum Gasteiger partial charge on any atom is -0.453 e. The van der Waals surface area contributed by atoms with E-state index in [0.717, 1.165) is 0 Å². The lowest BCUT2D eigenvalue weighted by Crippen LogP contribution is -2.58. The van der Waals surface area contributed by atoms with Crippen LogP contribution in [0.1, 0.15) is 20.8 Å². The largest absolute Gasteiger partial charge is 0.453 e. The molecule has 2 N–H and O–H groups in total. The summed E-state index contributed by atoms with van der Waals surface area (Å²) in [4.78, 5) is 0. The Hall–Kier alpha value is -1.72. The van der Waals surface area contributed by atoms with Crippen molar-refractivity contribution >= 4 is 17.5 Å². The van der Waals surface area contributed by atoms with E-state index in [1.165, 1.54) is 0 Å². The molecule has 0 aromatic rings. The van der Waals surface area contributed by atoms with Gasteiger partial charge in [-0.2, -0.15) is 10.5 Å². The molecule has 0 unspecified atom stereocenters. The molecule has 17 heavy (non-hydrogen) atoms. The second-order valence-corrected chi connectivity index (χ2v) is 5.25. The number of nitrogens with zero attached hydrogens (tertiary/aromatic N) is 2. The van der Waals surface area contributed by atoms with Crippen LogP contribution >= 0.6 is 11.6 Å². The van der Waals surface area contributed by atoms with Gasteiger partial charge in [-0.1, -0.05) is 25.4 Å². The molecule has 5 nitrogen and oxygen atoms in total. The van der Waals surface area contributed by atoms with Crippen LogP contribution in [0.2, 0.25) is 0 Å². The highest BCUT2D eigenvalue weighted by atomic mass is 35.5. The Morgan fingerprint density at radius 1 is 1.35 bits per heavy atom. The van der Waals surface area contributed by atoms with Gasteiger partial charge < -0.3 is 10.1 Å². The first-order chi connectivity index (χ1) is 7.77. The number of halogens is 1. The van der Waals surface area contributed by atoms with Crippen molar-refractivity contribution in [2.45, 2.75) is 26.5 Å². The van der Waals surface area contributed by atoms with Crippen molar-refractivity contribution in [2.75, 3.05) is 0 Å². The van der Waals surface area contributed by atoms with Crippen LogP contribution in [0.4, 0.5) is 0 Å². The zero-order chi connectivity index (χ0) is 13.1. The van der Waals surface area contributed by atoms with Gasteiger partial charge in [-0.15, -0.1) is 0 Å². The number of hydrogen-bond acceptors (Lipinski definition) is 5. The van der Waals surface area contributed by atoms with E-state index in [1.54, 1.807) is 20.8 Å². The fourth-order valence-corrected chi connectivity index (χ4v) is 2.84. The summed E-state index contributed by atoms with van der Waals surface area (Å²) in [6.45, 7) is 5.29. The summed E-state index contributed by atoms with van der Waals surface area (Å²) >= 11 is 5.98. The number of nitrogens with one attached hydrogen (secondary N) is 2. The van der Waals surface area contributed by atoms with Crippen LogP contribution in [0, 0.1) is 38.9 Å². The third-order valence-electron chi connectivity index (χ3n) is 4.00. The van der Waals surface area contributed by atoms with Crippen molar-refractivity contribution in [1.82, 2.24) is 5.32 Å². The summed E-state index contributed by atoms with van der Waals surface area (Å²) in [5, 5.41) is 29.5. The predicted molar refractivity (Wildman–Crippen MR) is 60.7 cm³/mol. The first-order valence-corrected chi connectivity index (χ1v) is 5.42. The molecule has 2 heterocycles. The van der Waals surface area contributed by atoms with Gasteiger partial charge in [0.15, 0.2) is 11.1 Å². The van der Waals surface area contributed by atoms with Gasteiger partial charge in [-0.25, -0.2) is 0 Å². The molecule has 1 saturated heterocycles. The maximum absolute atomic E-state index is 9.47. The molecule has 2 bridgehead atoms. The average Bonchev–Trinajstić information content (AvgIpc) is 2.31. The molecule has 0 spiro atoms. The summed E-state index contributed by atoms with van der Waals surface area (Å²) in [6.07, 6.45) is 0. The molecular formula is C11H11ClN4O. The minimum absolute atomic E-state index is 0.0478. The quantitative estimate of drug-likeness (QED) is 0.642. The molecule has 2 rings (SSSR count). The fourth-order valence-electron chi connectivity index (χ4n) is 2.47. The van der Waals surface area contributed by atoms with Gasteiger partial charge >= 0.3 is 0 Å². The van der Waals surface area contributed by atoms with Gasteiger partial charge in [0.25, 0.3) is 0 Å². The maximum atomic E-state index is 9.47.